The topological polar surface area (TPSA) is 97.0 Å². The maximum absolute atomic E-state index is 12.3. The largest absolute Gasteiger partial charge is 0.463 e. The molecule has 0 aromatic heterocycles. The van der Waals surface area contributed by atoms with E-state index >= 15 is 0 Å². The van der Waals surface area contributed by atoms with E-state index in [0.717, 1.165) is 5.69 Å². The summed E-state index contributed by atoms with van der Waals surface area (Å²) in [5, 5.41) is 5.21. The Hall–Kier alpha value is -3.03. The van der Waals surface area contributed by atoms with E-state index in [9.17, 15) is 14.4 Å². The third-order valence-corrected chi connectivity index (χ3v) is 4.11. The van der Waals surface area contributed by atoms with Gasteiger partial charge in [0.25, 0.3) is 0 Å². The monoisotopic (exact) mass is 375 g/mol. The van der Waals surface area contributed by atoms with Gasteiger partial charge in [0.15, 0.2) is 0 Å². The Labute approximate surface area is 158 Å². The van der Waals surface area contributed by atoms with E-state index < -0.39 is 24.0 Å². The maximum Gasteiger partial charge on any atom is 0.338 e. The summed E-state index contributed by atoms with van der Waals surface area (Å²) in [5.41, 5.74) is 1.85. The van der Waals surface area contributed by atoms with Crippen molar-refractivity contribution in [1.29, 1.82) is 0 Å². The molecule has 2 N–H and O–H groups in total. The van der Waals surface area contributed by atoms with Crippen molar-refractivity contribution in [2.45, 2.75) is 26.3 Å². The first kappa shape index (κ1) is 20.3. The average Bonchev–Trinajstić information content (AvgIpc) is 2.65. The van der Waals surface area contributed by atoms with Gasteiger partial charge < -0.3 is 25.0 Å². The van der Waals surface area contributed by atoms with Crippen LogP contribution in [0.2, 0.25) is 0 Å². The molecule has 0 aliphatic carbocycles. The van der Waals surface area contributed by atoms with Crippen LogP contribution in [0, 0.1) is 0 Å². The van der Waals surface area contributed by atoms with Crippen LogP contribution >= 0.6 is 0 Å². The van der Waals surface area contributed by atoms with E-state index in [-0.39, 0.29) is 24.5 Å². The summed E-state index contributed by atoms with van der Waals surface area (Å²) in [7, 11) is 3.81. The van der Waals surface area contributed by atoms with Crippen molar-refractivity contribution < 1.29 is 23.9 Å². The Balaban J connectivity index is 2.17. The van der Waals surface area contributed by atoms with Crippen LogP contribution in [0.3, 0.4) is 0 Å². The van der Waals surface area contributed by atoms with Crippen LogP contribution < -0.4 is 15.5 Å². The SMILES string of the molecule is CCOC(=O)C1=C(COC(=O)c2ccc(N(C)C)cc2)NC(=O)N[C@H]1CC. The van der Waals surface area contributed by atoms with Crippen LogP contribution in [0.4, 0.5) is 10.5 Å². The van der Waals surface area contributed by atoms with E-state index in [0.29, 0.717) is 12.0 Å². The Morgan fingerprint density at radius 3 is 2.30 bits per heavy atom. The Morgan fingerprint density at radius 1 is 1.07 bits per heavy atom. The van der Waals surface area contributed by atoms with Gasteiger partial charge in [0.2, 0.25) is 0 Å². The number of nitrogens with zero attached hydrogens (tertiary/aromatic N) is 1. The smallest absolute Gasteiger partial charge is 0.338 e. The molecule has 1 aromatic rings. The summed E-state index contributed by atoms with van der Waals surface area (Å²) < 4.78 is 10.4. The molecule has 0 fully saturated rings. The lowest BCUT2D eigenvalue weighted by Crippen LogP contribution is -2.51. The minimum absolute atomic E-state index is 0.206. The highest BCUT2D eigenvalue weighted by molar-refractivity contribution is 5.95. The second kappa shape index (κ2) is 9.07. The fourth-order valence-electron chi connectivity index (χ4n) is 2.69. The average molecular weight is 375 g/mol. The molecule has 2 rings (SSSR count). The zero-order chi connectivity index (χ0) is 20.0. The van der Waals surface area contributed by atoms with Gasteiger partial charge in [0.05, 0.1) is 29.5 Å². The lowest BCUT2D eigenvalue weighted by Gasteiger charge is -2.28. The maximum atomic E-state index is 12.3. The number of hydrogen-bond acceptors (Lipinski definition) is 6. The predicted molar refractivity (Wildman–Crippen MR) is 100 cm³/mol. The number of anilines is 1. The molecular formula is C19H25N3O5. The lowest BCUT2D eigenvalue weighted by molar-refractivity contribution is -0.139. The predicted octanol–water partition coefficient (Wildman–Crippen LogP) is 1.82. The fraction of sp³-hybridized carbons (Fsp3) is 0.421. The van der Waals surface area contributed by atoms with E-state index in [1.165, 1.54) is 0 Å². The van der Waals surface area contributed by atoms with Crippen molar-refractivity contribution in [3.8, 4) is 0 Å². The molecule has 2 amide bonds. The van der Waals surface area contributed by atoms with Gasteiger partial charge in [-0.15, -0.1) is 0 Å². The molecule has 146 valence electrons. The number of benzene rings is 1. The van der Waals surface area contributed by atoms with Crippen molar-refractivity contribution >= 4 is 23.7 Å². The molecule has 0 bridgehead atoms. The van der Waals surface area contributed by atoms with Crippen LogP contribution in [-0.2, 0) is 14.3 Å². The molecule has 8 heteroatoms. The molecule has 8 nitrogen and oxygen atoms in total. The van der Waals surface area contributed by atoms with Gasteiger partial charge in [0.1, 0.15) is 6.61 Å². The lowest BCUT2D eigenvalue weighted by atomic mass is 10.0. The number of amides is 2. The molecule has 0 radical (unpaired) electrons. The van der Waals surface area contributed by atoms with Gasteiger partial charge in [-0.1, -0.05) is 6.92 Å². The summed E-state index contributed by atoms with van der Waals surface area (Å²) in [4.78, 5) is 38.3. The quantitative estimate of drug-likeness (QED) is 0.706. The van der Waals surface area contributed by atoms with Gasteiger partial charge in [0, 0.05) is 19.8 Å². The summed E-state index contributed by atoms with van der Waals surface area (Å²) >= 11 is 0. The Bertz CT molecular complexity index is 740. The number of carbonyl (C=O) groups is 3. The molecule has 1 aliphatic rings. The molecule has 1 aromatic carbocycles. The van der Waals surface area contributed by atoms with Gasteiger partial charge in [-0.2, -0.15) is 0 Å². The highest BCUT2D eigenvalue weighted by Gasteiger charge is 2.32. The number of urea groups is 1. The number of nitrogens with one attached hydrogen (secondary N) is 2. The third kappa shape index (κ3) is 4.99. The van der Waals surface area contributed by atoms with E-state index in [2.05, 4.69) is 10.6 Å². The van der Waals surface area contributed by atoms with E-state index in [1.54, 1.807) is 31.2 Å². The number of rotatable bonds is 7. The first-order valence-corrected chi connectivity index (χ1v) is 8.79. The zero-order valence-corrected chi connectivity index (χ0v) is 16.0. The molecule has 1 atom stereocenters. The summed E-state index contributed by atoms with van der Waals surface area (Å²) in [6.07, 6.45) is 0.505. The van der Waals surface area contributed by atoms with Gasteiger partial charge in [-0.25, -0.2) is 14.4 Å². The van der Waals surface area contributed by atoms with Crippen molar-refractivity contribution in [3.05, 3.63) is 41.1 Å². The van der Waals surface area contributed by atoms with Crippen LogP contribution in [0.1, 0.15) is 30.6 Å². The summed E-state index contributed by atoms with van der Waals surface area (Å²) in [5.74, 6) is -1.09. The fourth-order valence-corrected chi connectivity index (χ4v) is 2.69. The molecular weight excluding hydrogens is 350 g/mol. The number of ether oxygens (including phenoxy) is 2. The molecule has 0 unspecified atom stereocenters. The highest BCUT2D eigenvalue weighted by Crippen LogP contribution is 2.18. The standard InChI is InChI=1S/C19H25N3O5/c1-5-14-16(18(24)26-6-2)15(21-19(25)20-14)11-27-17(23)12-7-9-13(10-8-12)22(3)4/h7-10,14H,5-6,11H2,1-4H3,(H2,20,21,25)/t14-/m0/s1. The highest BCUT2D eigenvalue weighted by atomic mass is 16.5. The molecule has 1 heterocycles. The molecule has 0 saturated heterocycles. The molecule has 0 saturated carbocycles. The van der Waals surface area contributed by atoms with Crippen LogP contribution in [0.15, 0.2) is 35.5 Å². The number of esters is 2. The van der Waals surface area contributed by atoms with Crippen LogP contribution in [-0.4, -0.2) is 51.3 Å². The molecule has 1 aliphatic heterocycles. The first-order valence-electron chi connectivity index (χ1n) is 8.79. The van der Waals surface area contributed by atoms with Crippen molar-refractivity contribution in [2.24, 2.45) is 0 Å². The van der Waals surface area contributed by atoms with Crippen molar-refractivity contribution in [1.82, 2.24) is 10.6 Å². The Kier molecular flexibility index (Phi) is 6.81. The van der Waals surface area contributed by atoms with E-state index in [4.69, 9.17) is 9.47 Å². The van der Waals surface area contributed by atoms with E-state index in [1.807, 2.05) is 25.9 Å². The summed E-state index contributed by atoms with van der Waals surface area (Å²) in [6, 6.07) is 5.99. The minimum atomic E-state index is -0.545. The van der Waals surface area contributed by atoms with Gasteiger partial charge in [-0.3, -0.25) is 0 Å². The molecule has 27 heavy (non-hydrogen) atoms. The zero-order valence-electron chi connectivity index (χ0n) is 16.0. The number of hydrogen-bond donors (Lipinski definition) is 2. The van der Waals surface area contributed by atoms with Gasteiger partial charge >= 0.3 is 18.0 Å². The van der Waals surface area contributed by atoms with Crippen molar-refractivity contribution in [3.63, 3.8) is 0 Å². The van der Waals surface area contributed by atoms with Crippen LogP contribution in [0.25, 0.3) is 0 Å². The normalized spacial score (nSPS) is 16.3. The minimum Gasteiger partial charge on any atom is -0.463 e. The van der Waals surface area contributed by atoms with Gasteiger partial charge in [-0.05, 0) is 37.6 Å². The van der Waals surface area contributed by atoms with Crippen molar-refractivity contribution in [2.75, 3.05) is 32.2 Å². The van der Waals surface area contributed by atoms with Crippen LogP contribution in [0.5, 0.6) is 0 Å². The molecule has 0 spiro atoms. The third-order valence-electron chi connectivity index (χ3n) is 4.11. The number of carbonyl (C=O) groups excluding carboxylic acids is 3. The summed E-state index contributed by atoms with van der Waals surface area (Å²) in [6.45, 7) is 3.51. The Morgan fingerprint density at radius 2 is 1.74 bits per heavy atom. The second-order valence-corrected chi connectivity index (χ2v) is 6.19. The second-order valence-electron chi connectivity index (χ2n) is 6.19. The first-order chi connectivity index (χ1) is 12.9.